The number of hydrogen-bond donors (Lipinski definition) is 1. The summed E-state index contributed by atoms with van der Waals surface area (Å²) in [7, 11) is 0. The van der Waals surface area contributed by atoms with E-state index in [2.05, 4.69) is 21.5 Å². The Morgan fingerprint density at radius 2 is 1.95 bits per heavy atom. The summed E-state index contributed by atoms with van der Waals surface area (Å²) in [5, 5.41) is 0.707. The van der Waals surface area contributed by atoms with Crippen molar-refractivity contribution in [1.82, 2.24) is 14.5 Å². The van der Waals surface area contributed by atoms with E-state index in [9.17, 15) is 0 Å². The number of nitrogens with two attached hydrogens (primary N) is 1. The average Bonchev–Trinajstić information content (AvgIpc) is 2.80. The molecule has 102 valence electrons. The summed E-state index contributed by atoms with van der Waals surface area (Å²) < 4.78 is 2.11. The first kappa shape index (κ1) is 12.9. The van der Waals surface area contributed by atoms with Crippen molar-refractivity contribution in [2.24, 2.45) is 0 Å². The van der Waals surface area contributed by atoms with Gasteiger partial charge in [-0.15, -0.1) is 0 Å². The summed E-state index contributed by atoms with van der Waals surface area (Å²) in [4.78, 5) is 9.03. The van der Waals surface area contributed by atoms with Crippen molar-refractivity contribution >= 4 is 28.5 Å². The molecule has 0 bridgehead atoms. The molecule has 0 saturated carbocycles. The summed E-state index contributed by atoms with van der Waals surface area (Å²) in [5.74, 6) is 1.30. The summed E-state index contributed by atoms with van der Waals surface area (Å²) in [6, 6.07) is 11.3. The number of imidazole rings is 1. The number of nitrogens with zero attached hydrogens (tertiary/aromatic N) is 3. The molecule has 20 heavy (non-hydrogen) atoms. The molecule has 0 spiro atoms. The van der Waals surface area contributed by atoms with Crippen molar-refractivity contribution in [2.75, 3.05) is 5.73 Å². The Labute approximate surface area is 122 Å². The molecule has 2 heterocycles. The van der Waals surface area contributed by atoms with Crippen LogP contribution in [0.5, 0.6) is 0 Å². The van der Waals surface area contributed by atoms with Gasteiger partial charge in [-0.05, 0) is 30.7 Å². The van der Waals surface area contributed by atoms with Crippen LogP contribution >= 0.6 is 11.6 Å². The molecule has 5 heteroatoms. The van der Waals surface area contributed by atoms with Gasteiger partial charge in [0, 0.05) is 6.54 Å². The Kier molecular flexibility index (Phi) is 3.32. The molecule has 0 aliphatic heterocycles. The maximum absolute atomic E-state index is 6.32. The maximum atomic E-state index is 6.32. The van der Waals surface area contributed by atoms with Crippen molar-refractivity contribution in [3.63, 3.8) is 0 Å². The Balaban J connectivity index is 2.30. The number of pyridine rings is 1. The third-order valence-electron chi connectivity index (χ3n) is 3.16. The number of nitrogen functional groups attached to an aromatic ring is 1. The van der Waals surface area contributed by atoms with Crippen molar-refractivity contribution < 1.29 is 0 Å². The molecular formula is C15H15ClN4. The molecule has 0 aliphatic carbocycles. The van der Waals surface area contributed by atoms with Gasteiger partial charge in [-0.3, -0.25) is 0 Å². The lowest BCUT2D eigenvalue weighted by atomic mass is 10.3. The SMILES string of the molecule is CCCn1c(-c2cccc(N)n2)nc2cccc(Cl)c21. The van der Waals surface area contributed by atoms with Crippen molar-refractivity contribution in [2.45, 2.75) is 19.9 Å². The first-order valence-corrected chi connectivity index (χ1v) is 6.96. The highest BCUT2D eigenvalue weighted by molar-refractivity contribution is 6.35. The van der Waals surface area contributed by atoms with Gasteiger partial charge in [-0.25, -0.2) is 9.97 Å². The molecule has 0 amide bonds. The van der Waals surface area contributed by atoms with E-state index in [0.29, 0.717) is 10.8 Å². The zero-order valence-corrected chi connectivity index (χ0v) is 11.9. The van der Waals surface area contributed by atoms with Crippen LogP contribution in [0.1, 0.15) is 13.3 Å². The Morgan fingerprint density at radius 3 is 2.70 bits per heavy atom. The fourth-order valence-corrected chi connectivity index (χ4v) is 2.63. The van der Waals surface area contributed by atoms with Gasteiger partial charge in [0.25, 0.3) is 0 Å². The lowest BCUT2D eigenvalue weighted by Crippen LogP contribution is -2.02. The van der Waals surface area contributed by atoms with Crippen molar-refractivity contribution in [3.8, 4) is 11.5 Å². The van der Waals surface area contributed by atoms with Gasteiger partial charge in [0.2, 0.25) is 0 Å². The number of anilines is 1. The van der Waals surface area contributed by atoms with E-state index >= 15 is 0 Å². The van der Waals surface area contributed by atoms with Crippen LogP contribution in [-0.4, -0.2) is 14.5 Å². The van der Waals surface area contributed by atoms with E-state index < -0.39 is 0 Å². The van der Waals surface area contributed by atoms with Crippen LogP contribution in [0.4, 0.5) is 5.82 Å². The standard InChI is InChI=1S/C15H15ClN4/c1-2-9-20-14-10(16)5-3-6-11(14)19-15(20)12-7-4-8-13(17)18-12/h3-8H,2,9H2,1H3,(H2,17,18). The maximum Gasteiger partial charge on any atom is 0.159 e. The Bertz CT molecular complexity index is 764. The van der Waals surface area contributed by atoms with Gasteiger partial charge in [-0.1, -0.05) is 30.7 Å². The number of benzene rings is 1. The predicted octanol–water partition coefficient (Wildman–Crippen LogP) is 3.74. The molecule has 2 aromatic heterocycles. The first-order valence-electron chi connectivity index (χ1n) is 6.58. The number of halogens is 1. The number of aryl methyl sites for hydroxylation is 1. The van der Waals surface area contributed by atoms with E-state index in [-0.39, 0.29) is 0 Å². The molecular weight excluding hydrogens is 272 g/mol. The average molecular weight is 287 g/mol. The second-order valence-corrected chi connectivity index (χ2v) is 5.05. The normalized spacial score (nSPS) is 11.1. The van der Waals surface area contributed by atoms with E-state index in [1.54, 1.807) is 6.07 Å². The highest BCUT2D eigenvalue weighted by Crippen LogP contribution is 2.29. The van der Waals surface area contributed by atoms with E-state index in [1.807, 2.05) is 30.3 Å². The van der Waals surface area contributed by atoms with E-state index in [0.717, 1.165) is 35.5 Å². The van der Waals surface area contributed by atoms with Gasteiger partial charge in [0.15, 0.2) is 5.82 Å². The second-order valence-electron chi connectivity index (χ2n) is 4.64. The molecule has 0 saturated heterocycles. The van der Waals surface area contributed by atoms with E-state index in [1.165, 1.54) is 0 Å². The quantitative estimate of drug-likeness (QED) is 0.798. The zero-order chi connectivity index (χ0) is 14.1. The van der Waals surface area contributed by atoms with Crippen LogP contribution in [0.25, 0.3) is 22.6 Å². The van der Waals surface area contributed by atoms with Crippen LogP contribution in [0, 0.1) is 0 Å². The number of para-hydroxylation sites is 1. The predicted molar refractivity (Wildman–Crippen MR) is 82.7 cm³/mol. The van der Waals surface area contributed by atoms with Crippen molar-refractivity contribution in [3.05, 3.63) is 41.4 Å². The smallest absolute Gasteiger partial charge is 0.159 e. The molecule has 0 unspecified atom stereocenters. The lowest BCUT2D eigenvalue weighted by Gasteiger charge is -2.08. The number of rotatable bonds is 3. The topological polar surface area (TPSA) is 56.7 Å². The molecule has 1 aromatic carbocycles. The second kappa shape index (κ2) is 5.13. The van der Waals surface area contributed by atoms with Gasteiger partial charge in [-0.2, -0.15) is 0 Å². The van der Waals surface area contributed by atoms with Gasteiger partial charge in [0.1, 0.15) is 11.5 Å². The minimum Gasteiger partial charge on any atom is -0.384 e. The first-order chi connectivity index (χ1) is 9.70. The molecule has 0 fully saturated rings. The fourth-order valence-electron chi connectivity index (χ4n) is 2.35. The number of aromatic nitrogens is 3. The molecule has 3 rings (SSSR count). The minimum atomic E-state index is 0.490. The molecule has 0 aliphatic rings. The molecule has 2 N–H and O–H groups in total. The highest BCUT2D eigenvalue weighted by Gasteiger charge is 2.15. The molecule has 3 aromatic rings. The Hall–Kier alpha value is -2.07. The van der Waals surface area contributed by atoms with Gasteiger partial charge >= 0.3 is 0 Å². The van der Waals surface area contributed by atoms with Crippen molar-refractivity contribution in [1.29, 1.82) is 0 Å². The van der Waals surface area contributed by atoms with Crippen LogP contribution in [0.2, 0.25) is 5.02 Å². The summed E-state index contributed by atoms with van der Waals surface area (Å²) >= 11 is 6.32. The molecule has 0 radical (unpaired) electrons. The summed E-state index contributed by atoms with van der Waals surface area (Å²) in [5.41, 5.74) is 8.37. The van der Waals surface area contributed by atoms with E-state index in [4.69, 9.17) is 17.3 Å². The molecule has 4 nitrogen and oxygen atoms in total. The minimum absolute atomic E-state index is 0.490. The third-order valence-corrected chi connectivity index (χ3v) is 3.47. The molecule has 0 atom stereocenters. The summed E-state index contributed by atoms with van der Waals surface area (Å²) in [6.07, 6.45) is 0.992. The third kappa shape index (κ3) is 2.12. The van der Waals surface area contributed by atoms with Crippen LogP contribution in [0.15, 0.2) is 36.4 Å². The largest absolute Gasteiger partial charge is 0.384 e. The van der Waals surface area contributed by atoms with Gasteiger partial charge in [0.05, 0.1) is 16.1 Å². The van der Waals surface area contributed by atoms with Gasteiger partial charge < -0.3 is 10.3 Å². The van der Waals surface area contributed by atoms with Crippen LogP contribution in [0.3, 0.4) is 0 Å². The van der Waals surface area contributed by atoms with Crippen LogP contribution < -0.4 is 5.73 Å². The fraction of sp³-hybridized carbons (Fsp3) is 0.200. The zero-order valence-electron chi connectivity index (χ0n) is 11.2. The Morgan fingerprint density at radius 1 is 1.15 bits per heavy atom. The number of fused-ring (bicyclic) bond motifs is 1. The number of hydrogen-bond acceptors (Lipinski definition) is 3. The van der Waals surface area contributed by atoms with Crippen LogP contribution in [-0.2, 0) is 6.54 Å². The lowest BCUT2D eigenvalue weighted by molar-refractivity contribution is 0.702. The monoisotopic (exact) mass is 286 g/mol. The summed E-state index contributed by atoms with van der Waals surface area (Å²) in [6.45, 7) is 2.96. The highest BCUT2D eigenvalue weighted by atomic mass is 35.5.